The third-order valence-electron chi connectivity index (χ3n) is 0.900. The van der Waals surface area contributed by atoms with E-state index in [9.17, 15) is 4.79 Å². The Kier molecular flexibility index (Phi) is 2.25. The molecule has 0 spiro atoms. The van der Waals surface area contributed by atoms with Crippen LogP contribution in [0, 0.1) is 0 Å². The van der Waals surface area contributed by atoms with Crippen LogP contribution in [0.5, 0.6) is 0 Å². The molecule has 0 saturated carbocycles. The van der Waals surface area contributed by atoms with Gasteiger partial charge in [0.15, 0.2) is 0 Å². The zero-order chi connectivity index (χ0) is 7.40. The first-order valence-electron chi connectivity index (χ1n) is 2.77. The minimum atomic E-state index is 0.381. The molecule has 52 valence electrons. The Balaban J connectivity index is 2.87. The van der Waals surface area contributed by atoms with E-state index < -0.39 is 0 Å². The Bertz CT molecular complexity index is 264. The van der Waals surface area contributed by atoms with Gasteiger partial charge < -0.3 is 0 Å². The van der Waals surface area contributed by atoms with Gasteiger partial charge in [-0.05, 0) is 6.42 Å². The van der Waals surface area contributed by atoms with E-state index in [4.69, 9.17) is 0 Å². The quantitative estimate of drug-likeness (QED) is 0.474. The molecular weight excluding hydrogens is 150 g/mol. The summed E-state index contributed by atoms with van der Waals surface area (Å²) in [4.78, 5) is 13.0. The summed E-state index contributed by atoms with van der Waals surface area (Å²) in [7, 11) is 0. The topological polar surface area (TPSA) is 55.2 Å². The lowest BCUT2D eigenvalue weighted by Crippen LogP contribution is -1.74. The summed E-state index contributed by atoms with van der Waals surface area (Å²) in [5.74, 6) is 0. The second kappa shape index (κ2) is 3.20. The van der Waals surface area contributed by atoms with Gasteiger partial charge in [0.2, 0.25) is 11.2 Å². The van der Waals surface area contributed by atoms with Gasteiger partial charge in [-0.3, -0.25) is 0 Å². The number of hydrogen-bond acceptors (Lipinski definition) is 5. The van der Waals surface area contributed by atoms with Crippen LogP contribution in [0.2, 0.25) is 0 Å². The van der Waals surface area contributed by atoms with Crippen LogP contribution in [0.15, 0.2) is 4.99 Å². The number of isocyanates is 1. The van der Waals surface area contributed by atoms with Crippen LogP contribution in [-0.2, 0) is 11.2 Å². The molecule has 0 atom stereocenters. The minimum Gasteiger partial charge on any atom is -0.211 e. The number of aromatic nitrogens is 2. The van der Waals surface area contributed by atoms with Gasteiger partial charge in [0.25, 0.3) is 0 Å². The van der Waals surface area contributed by atoms with Crippen molar-refractivity contribution >= 4 is 22.5 Å². The average Bonchev–Trinajstić information content (AvgIpc) is 2.37. The van der Waals surface area contributed by atoms with E-state index >= 15 is 0 Å². The van der Waals surface area contributed by atoms with E-state index in [1.165, 1.54) is 17.4 Å². The van der Waals surface area contributed by atoms with Crippen molar-refractivity contribution in [2.24, 2.45) is 4.99 Å². The number of nitrogens with zero attached hydrogens (tertiary/aromatic N) is 3. The normalized spacial score (nSPS) is 8.90. The molecule has 1 heterocycles. The molecule has 1 rings (SSSR count). The summed E-state index contributed by atoms with van der Waals surface area (Å²) in [5, 5.41) is 8.63. The number of aliphatic imine (C=N–C) groups is 1. The van der Waals surface area contributed by atoms with Crippen molar-refractivity contribution in [3.8, 4) is 0 Å². The summed E-state index contributed by atoms with van der Waals surface area (Å²) < 4.78 is 0. The fourth-order valence-electron chi connectivity index (χ4n) is 0.472. The molecule has 0 aromatic carbocycles. The highest BCUT2D eigenvalue weighted by Gasteiger charge is 1.98. The lowest BCUT2D eigenvalue weighted by Gasteiger charge is -1.75. The van der Waals surface area contributed by atoms with Gasteiger partial charge in [-0.2, -0.15) is 0 Å². The molecule has 1 aromatic rings. The summed E-state index contributed by atoms with van der Waals surface area (Å²) in [5.41, 5.74) is 0. The van der Waals surface area contributed by atoms with Crippen molar-refractivity contribution < 1.29 is 4.79 Å². The summed E-state index contributed by atoms with van der Waals surface area (Å²) in [6.07, 6.45) is 2.23. The molecule has 5 heteroatoms. The Morgan fingerprint density at radius 2 is 2.50 bits per heavy atom. The molecule has 0 bridgehead atoms. The van der Waals surface area contributed by atoms with Gasteiger partial charge >= 0.3 is 0 Å². The maximum Gasteiger partial charge on any atom is 0.242 e. The van der Waals surface area contributed by atoms with Gasteiger partial charge in [-0.1, -0.05) is 18.3 Å². The molecule has 0 fully saturated rings. The molecule has 0 aliphatic rings. The Labute approximate surface area is 61.6 Å². The van der Waals surface area contributed by atoms with Crippen LogP contribution < -0.4 is 0 Å². The maximum atomic E-state index is 9.72. The second-order valence-corrected chi connectivity index (χ2v) is 2.58. The number of hydrogen-bond donors (Lipinski definition) is 0. The predicted octanol–water partition coefficient (Wildman–Crippen LogP) is 1.07. The number of rotatable bonds is 2. The molecule has 0 amide bonds. The van der Waals surface area contributed by atoms with E-state index in [0.29, 0.717) is 5.13 Å². The van der Waals surface area contributed by atoms with Crippen molar-refractivity contribution in [1.82, 2.24) is 10.2 Å². The predicted molar refractivity (Wildman–Crippen MR) is 37.1 cm³/mol. The number of aryl methyl sites for hydroxylation is 1. The van der Waals surface area contributed by atoms with Gasteiger partial charge in [0.1, 0.15) is 5.01 Å². The summed E-state index contributed by atoms with van der Waals surface area (Å²) in [6, 6.07) is 0. The molecule has 4 nitrogen and oxygen atoms in total. The largest absolute Gasteiger partial charge is 0.242 e. The Morgan fingerprint density at radius 3 is 3.00 bits per heavy atom. The van der Waals surface area contributed by atoms with Crippen LogP contribution >= 0.6 is 11.3 Å². The standard InChI is InChI=1S/C5H5N3OS/c1-2-4-7-8-5(10-4)6-3-9/h2H2,1H3. The van der Waals surface area contributed by atoms with Crippen molar-refractivity contribution in [3.05, 3.63) is 5.01 Å². The highest BCUT2D eigenvalue weighted by atomic mass is 32.1. The van der Waals surface area contributed by atoms with Crippen molar-refractivity contribution in [3.63, 3.8) is 0 Å². The van der Waals surface area contributed by atoms with Crippen LogP contribution in [-0.4, -0.2) is 16.3 Å². The molecule has 0 aliphatic heterocycles. The molecule has 0 N–H and O–H groups in total. The van der Waals surface area contributed by atoms with Crippen molar-refractivity contribution in [2.45, 2.75) is 13.3 Å². The zero-order valence-corrected chi connectivity index (χ0v) is 6.18. The number of carbonyl (C=O) groups excluding carboxylic acids is 1. The zero-order valence-electron chi connectivity index (χ0n) is 5.37. The van der Waals surface area contributed by atoms with E-state index in [2.05, 4.69) is 15.2 Å². The molecular formula is C5H5N3OS. The third-order valence-corrected chi connectivity index (χ3v) is 1.86. The third kappa shape index (κ3) is 1.46. The molecule has 1 aromatic heterocycles. The smallest absolute Gasteiger partial charge is 0.211 e. The second-order valence-electron chi connectivity index (χ2n) is 1.54. The fourth-order valence-corrected chi connectivity index (χ4v) is 1.07. The first-order chi connectivity index (χ1) is 4.86. The van der Waals surface area contributed by atoms with Crippen LogP contribution in [0.25, 0.3) is 0 Å². The molecule has 10 heavy (non-hydrogen) atoms. The maximum absolute atomic E-state index is 9.72. The van der Waals surface area contributed by atoms with Crippen LogP contribution in [0.1, 0.15) is 11.9 Å². The summed E-state index contributed by atoms with van der Waals surface area (Å²) in [6.45, 7) is 1.97. The van der Waals surface area contributed by atoms with Crippen LogP contribution in [0.3, 0.4) is 0 Å². The summed E-state index contributed by atoms with van der Waals surface area (Å²) >= 11 is 1.31. The molecule has 0 saturated heterocycles. The average molecular weight is 155 g/mol. The lowest BCUT2D eigenvalue weighted by molar-refractivity contribution is 0.565. The lowest BCUT2D eigenvalue weighted by atomic mass is 10.5. The van der Waals surface area contributed by atoms with E-state index in [1.54, 1.807) is 0 Å². The van der Waals surface area contributed by atoms with E-state index in [-0.39, 0.29) is 0 Å². The highest BCUT2D eigenvalue weighted by molar-refractivity contribution is 7.14. The minimum absolute atomic E-state index is 0.381. The highest BCUT2D eigenvalue weighted by Crippen LogP contribution is 2.17. The first kappa shape index (κ1) is 7.05. The van der Waals surface area contributed by atoms with E-state index in [1.807, 2.05) is 6.92 Å². The van der Waals surface area contributed by atoms with Gasteiger partial charge in [0, 0.05) is 0 Å². The van der Waals surface area contributed by atoms with Crippen molar-refractivity contribution in [1.29, 1.82) is 0 Å². The Hall–Kier alpha value is -1.06. The molecule has 0 radical (unpaired) electrons. The SMILES string of the molecule is CCc1nnc(N=C=O)s1. The fraction of sp³-hybridized carbons (Fsp3) is 0.400. The molecule has 0 aliphatic carbocycles. The van der Waals surface area contributed by atoms with E-state index in [0.717, 1.165) is 11.4 Å². The first-order valence-corrected chi connectivity index (χ1v) is 3.58. The Morgan fingerprint density at radius 1 is 1.70 bits per heavy atom. The molecule has 0 unspecified atom stereocenters. The van der Waals surface area contributed by atoms with Crippen molar-refractivity contribution in [2.75, 3.05) is 0 Å². The monoisotopic (exact) mass is 155 g/mol. The van der Waals surface area contributed by atoms with Crippen LogP contribution in [0.4, 0.5) is 5.13 Å². The van der Waals surface area contributed by atoms with Gasteiger partial charge in [-0.15, -0.1) is 15.2 Å². The van der Waals surface area contributed by atoms with Gasteiger partial charge in [-0.25, -0.2) is 4.79 Å². The van der Waals surface area contributed by atoms with Gasteiger partial charge in [0.05, 0.1) is 0 Å².